The van der Waals surface area contributed by atoms with Crippen LogP contribution in [0.25, 0.3) is 23.3 Å². The summed E-state index contributed by atoms with van der Waals surface area (Å²) in [5.74, 6) is 2.82. The Labute approximate surface area is 265 Å². The second-order valence-electron chi connectivity index (χ2n) is 11.5. The van der Waals surface area contributed by atoms with Crippen LogP contribution in [0.1, 0.15) is 101 Å². The van der Waals surface area contributed by atoms with Crippen LogP contribution in [0.2, 0.25) is 0 Å². The van der Waals surface area contributed by atoms with Crippen molar-refractivity contribution in [1.82, 2.24) is 0 Å². The Bertz CT molecular complexity index is 1290. The van der Waals surface area contributed by atoms with Crippen molar-refractivity contribution in [2.45, 2.75) is 79.1 Å². The molecule has 4 nitrogen and oxygen atoms in total. The summed E-state index contributed by atoms with van der Waals surface area (Å²) < 4.78 is 12.1. The van der Waals surface area contributed by atoms with Crippen molar-refractivity contribution in [2.75, 3.05) is 13.2 Å². The van der Waals surface area contributed by atoms with Gasteiger partial charge in [-0.25, -0.2) is 0 Å². The molecule has 3 rings (SSSR count). The molecule has 0 saturated carbocycles. The van der Waals surface area contributed by atoms with Crippen molar-refractivity contribution in [1.29, 1.82) is 10.5 Å². The molecule has 2 unspecified atom stereocenters. The average Bonchev–Trinajstić information content (AvgIpc) is 3.07. The lowest BCUT2D eigenvalue weighted by molar-refractivity contribution is 0.233. The van der Waals surface area contributed by atoms with Gasteiger partial charge in [0.05, 0.1) is 36.5 Å². The number of nitriles is 2. The first-order valence-electron chi connectivity index (χ1n) is 16.3. The van der Waals surface area contributed by atoms with Gasteiger partial charge in [0.15, 0.2) is 0 Å². The number of rotatable bonds is 18. The predicted octanol–water partition coefficient (Wildman–Crippen LogP) is 11.0. The zero-order valence-corrected chi connectivity index (χ0v) is 27.0. The van der Waals surface area contributed by atoms with Gasteiger partial charge in [-0.2, -0.15) is 10.5 Å². The molecule has 230 valence electrons. The molecule has 0 amide bonds. The van der Waals surface area contributed by atoms with E-state index in [2.05, 4.69) is 39.8 Å². The molecule has 0 radical (unpaired) electrons. The van der Waals surface area contributed by atoms with E-state index in [4.69, 9.17) is 9.47 Å². The Kier molecular flexibility index (Phi) is 14.8. The fourth-order valence-electron chi connectivity index (χ4n) is 5.07. The summed E-state index contributed by atoms with van der Waals surface area (Å²) in [6.07, 6.45) is 13.3. The largest absolute Gasteiger partial charge is 0.493 e. The molecule has 0 bridgehead atoms. The number of hydrogen-bond acceptors (Lipinski definition) is 4. The van der Waals surface area contributed by atoms with E-state index in [0.717, 1.165) is 59.8 Å². The lowest BCUT2D eigenvalue weighted by atomic mass is 10.0. The number of hydrogen-bond donors (Lipinski definition) is 0. The lowest BCUT2D eigenvalue weighted by Crippen LogP contribution is -2.11. The predicted molar refractivity (Wildman–Crippen MR) is 184 cm³/mol. The fraction of sp³-hybridized carbons (Fsp3) is 0.400. The zero-order valence-electron chi connectivity index (χ0n) is 27.0. The van der Waals surface area contributed by atoms with Crippen LogP contribution < -0.4 is 9.47 Å². The first kappa shape index (κ1) is 34.2. The third kappa shape index (κ3) is 11.1. The van der Waals surface area contributed by atoms with Crippen LogP contribution in [0.4, 0.5) is 0 Å². The van der Waals surface area contributed by atoms with Crippen molar-refractivity contribution in [3.05, 3.63) is 95.1 Å². The minimum atomic E-state index is 0.574. The Morgan fingerprint density at radius 2 is 0.955 bits per heavy atom. The second-order valence-corrected chi connectivity index (χ2v) is 11.5. The van der Waals surface area contributed by atoms with Gasteiger partial charge in [-0.05, 0) is 108 Å². The smallest absolute Gasteiger partial charge is 0.119 e. The van der Waals surface area contributed by atoms with Crippen molar-refractivity contribution in [3.63, 3.8) is 0 Å². The molecule has 0 heterocycles. The summed E-state index contributed by atoms with van der Waals surface area (Å²) in [6.45, 7) is 10.3. The standard InChI is InChI=1S/C40H48N2O2/c1-5-9-11-31(7-3)29-43-39-21-17-35(18-22-39)37(27-41)25-33-13-15-34(16-14-33)26-38(28-42)36-19-23-40(24-20-36)44-30-32(8-4)12-10-6-2/h13-26,31-32H,5-12,29-30H2,1-4H3/b37-25-,38-26+. The number of allylic oxidation sites excluding steroid dienone is 2. The van der Waals surface area contributed by atoms with E-state index in [9.17, 15) is 10.5 Å². The maximum Gasteiger partial charge on any atom is 0.119 e. The minimum Gasteiger partial charge on any atom is -0.493 e. The molecule has 44 heavy (non-hydrogen) atoms. The summed E-state index contributed by atoms with van der Waals surface area (Å²) in [7, 11) is 0. The number of benzene rings is 3. The van der Waals surface area contributed by atoms with Gasteiger partial charge in [-0.15, -0.1) is 0 Å². The third-order valence-electron chi connectivity index (χ3n) is 8.19. The first-order valence-corrected chi connectivity index (χ1v) is 16.3. The normalized spacial score (nSPS) is 13.0. The highest BCUT2D eigenvalue weighted by Crippen LogP contribution is 2.25. The lowest BCUT2D eigenvalue weighted by Gasteiger charge is -2.15. The van der Waals surface area contributed by atoms with Gasteiger partial charge in [0.1, 0.15) is 11.5 Å². The van der Waals surface area contributed by atoms with Crippen LogP contribution in [0, 0.1) is 34.5 Å². The Morgan fingerprint density at radius 3 is 1.25 bits per heavy atom. The highest BCUT2D eigenvalue weighted by Gasteiger charge is 2.09. The monoisotopic (exact) mass is 588 g/mol. The van der Waals surface area contributed by atoms with Gasteiger partial charge >= 0.3 is 0 Å². The van der Waals surface area contributed by atoms with Crippen LogP contribution in [0.15, 0.2) is 72.8 Å². The number of nitrogens with zero attached hydrogens (tertiary/aromatic N) is 2. The van der Waals surface area contributed by atoms with Crippen LogP contribution in [0.3, 0.4) is 0 Å². The molecule has 3 aromatic rings. The molecule has 3 aromatic carbocycles. The van der Waals surface area contributed by atoms with Crippen LogP contribution in [0.5, 0.6) is 11.5 Å². The topological polar surface area (TPSA) is 66.0 Å². The number of ether oxygens (including phenoxy) is 2. The molecule has 0 aromatic heterocycles. The summed E-state index contributed by atoms with van der Waals surface area (Å²) >= 11 is 0. The highest BCUT2D eigenvalue weighted by molar-refractivity contribution is 5.91. The van der Waals surface area contributed by atoms with Gasteiger partial charge in [-0.3, -0.25) is 0 Å². The van der Waals surface area contributed by atoms with E-state index in [0.29, 0.717) is 23.0 Å². The first-order chi connectivity index (χ1) is 21.5. The summed E-state index contributed by atoms with van der Waals surface area (Å²) in [6, 6.07) is 28.1. The van der Waals surface area contributed by atoms with Gasteiger partial charge < -0.3 is 9.47 Å². The van der Waals surface area contributed by atoms with Gasteiger partial charge in [-0.1, -0.05) is 90.5 Å². The molecular weight excluding hydrogens is 540 g/mol. The van der Waals surface area contributed by atoms with Crippen LogP contribution in [-0.2, 0) is 0 Å². The average molecular weight is 589 g/mol. The quantitative estimate of drug-likeness (QED) is 0.109. The second kappa shape index (κ2) is 19.1. The molecule has 0 N–H and O–H groups in total. The molecular formula is C40H48N2O2. The van der Waals surface area contributed by atoms with E-state index in [1.165, 1.54) is 38.5 Å². The van der Waals surface area contributed by atoms with Crippen molar-refractivity contribution in [3.8, 4) is 23.6 Å². The fourth-order valence-corrected chi connectivity index (χ4v) is 5.07. The SMILES string of the molecule is CCCCC(CC)COc1ccc(/C(C#N)=C/c2ccc(/C=C(/C#N)c3ccc(OCC(CC)CCCC)cc3)cc2)cc1. The summed E-state index contributed by atoms with van der Waals surface area (Å²) in [4.78, 5) is 0. The maximum atomic E-state index is 9.86. The Hall–Kier alpha value is -4.28. The molecule has 2 atom stereocenters. The van der Waals surface area contributed by atoms with Crippen molar-refractivity contribution in [2.24, 2.45) is 11.8 Å². The molecule has 0 aliphatic heterocycles. The Balaban J connectivity index is 1.63. The minimum absolute atomic E-state index is 0.574. The van der Waals surface area contributed by atoms with E-state index in [1.54, 1.807) is 0 Å². The molecule has 4 heteroatoms. The van der Waals surface area contributed by atoms with E-state index >= 15 is 0 Å². The zero-order chi connectivity index (χ0) is 31.6. The van der Waals surface area contributed by atoms with Crippen LogP contribution in [-0.4, -0.2) is 13.2 Å². The van der Waals surface area contributed by atoms with E-state index < -0.39 is 0 Å². The Morgan fingerprint density at radius 1 is 0.591 bits per heavy atom. The van der Waals surface area contributed by atoms with Gasteiger partial charge in [0.2, 0.25) is 0 Å². The van der Waals surface area contributed by atoms with Crippen molar-refractivity contribution < 1.29 is 9.47 Å². The third-order valence-corrected chi connectivity index (χ3v) is 8.19. The van der Waals surface area contributed by atoms with Gasteiger partial charge in [0.25, 0.3) is 0 Å². The molecule has 0 saturated heterocycles. The molecule has 0 spiro atoms. The van der Waals surface area contributed by atoms with E-state index in [1.807, 2.05) is 84.9 Å². The summed E-state index contributed by atoms with van der Waals surface area (Å²) in [5.41, 5.74) is 4.73. The highest BCUT2D eigenvalue weighted by atomic mass is 16.5. The van der Waals surface area contributed by atoms with Gasteiger partial charge in [0, 0.05) is 0 Å². The maximum absolute atomic E-state index is 9.86. The number of unbranched alkanes of at least 4 members (excludes halogenated alkanes) is 2. The molecule has 0 fully saturated rings. The summed E-state index contributed by atoms with van der Waals surface area (Å²) in [5, 5.41) is 19.7. The van der Waals surface area contributed by atoms with E-state index in [-0.39, 0.29) is 0 Å². The molecule has 0 aliphatic carbocycles. The molecule has 0 aliphatic rings. The van der Waals surface area contributed by atoms with Crippen LogP contribution >= 0.6 is 0 Å². The van der Waals surface area contributed by atoms with Crippen molar-refractivity contribution >= 4 is 23.3 Å².